The Morgan fingerprint density at radius 2 is 0.690 bits per heavy atom. The summed E-state index contributed by atoms with van der Waals surface area (Å²) in [4.78, 5) is 0. The maximum atomic E-state index is 3.59. The molecule has 279 valence electrons. The molecular formula is C57H40Ir-2. The van der Waals surface area contributed by atoms with E-state index in [1.165, 1.54) is 83.5 Å². The van der Waals surface area contributed by atoms with Crippen molar-refractivity contribution < 1.29 is 20.1 Å². The van der Waals surface area contributed by atoms with E-state index < -0.39 is 0 Å². The van der Waals surface area contributed by atoms with Crippen LogP contribution >= 0.6 is 0 Å². The van der Waals surface area contributed by atoms with E-state index in [-0.39, 0.29) is 25.5 Å². The number of benzene rings is 9. The van der Waals surface area contributed by atoms with Crippen LogP contribution < -0.4 is 0 Å². The molecule has 0 atom stereocenters. The second-order valence-corrected chi connectivity index (χ2v) is 15.6. The van der Waals surface area contributed by atoms with E-state index in [0.29, 0.717) is 0 Å². The van der Waals surface area contributed by atoms with Crippen LogP contribution in [0.5, 0.6) is 0 Å². The van der Waals surface area contributed by atoms with Crippen molar-refractivity contribution in [2.75, 3.05) is 0 Å². The fourth-order valence-corrected chi connectivity index (χ4v) is 8.59. The van der Waals surface area contributed by atoms with E-state index in [0.717, 1.165) is 16.7 Å². The molecule has 0 unspecified atom stereocenters. The monoisotopic (exact) mass is 917 g/mol. The van der Waals surface area contributed by atoms with Crippen LogP contribution in [0.3, 0.4) is 0 Å². The van der Waals surface area contributed by atoms with Gasteiger partial charge >= 0.3 is 0 Å². The summed E-state index contributed by atoms with van der Waals surface area (Å²) in [6, 6.07) is 81.8. The minimum atomic E-state index is -0.0427. The second-order valence-electron chi connectivity index (χ2n) is 15.6. The van der Waals surface area contributed by atoms with Crippen molar-refractivity contribution in [2.45, 2.75) is 19.3 Å². The van der Waals surface area contributed by atoms with Crippen molar-refractivity contribution in [3.8, 4) is 89.0 Å². The largest absolute Gasteiger partial charge is 0.226 e. The summed E-state index contributed by atoms with van der Waals surface area (Å²) in [7, 11) is 0. The Morgan fingerprint density at radius 3 is 1.16 bits per heavy atom. The number of hydrogen-bond donors (Lipinski definition) is 0. The smallest absolute Gasteiger partial charge is 0 e. The molecule has 0 fully saturated rings. The van der Waals surface area contributed by atoms with Crippen molar-refractivity contribution in [3.05, 3.63) is 230 Å². The normalized spacial score (nSPS) is 12.3. The standard InChI is InChI=1S/C57H40.Ir/c1-57(2)55-26-7-6-25-53(55)54-32-31-52(38-56(54)57)41-29-27-40(28-30-41)43-16-9-18-45(34-43)47-20-11-22-49(36-47)51-24-12-23-50(37-51)48-21-10-19-46(35-48)44-17-8-15-42(33-44)39-13-4-3-5-14-39;/h3-29,32-38H,1-2H3;/q-2;. The van der Waals surface area contributed by atoms with Crippen LogP contribution in [0.4, 0.5) is 0 Å². The van der Waals surface area contributed by atoms with Gasteiger partial charge in [-0.3, -0.25) is 0 Å². The summed E-state index contributed by atoms with van der Waals surface area (Å²) >= 11 is 0. The predicted octanol–water partition coefficient (Wildman–Crippen LogP) is 15.3. The molecule has 1 aliphatic carbocycles. The van der Waals surface area contributed by atoms with Gasteiger partial charge in [-0.05, 0) is 90.9 Å². The van der Waals surface area contributed by atoms with E-state index in [2.05, 4.69) is 232 Å². The zero-order valence-electron chi connectivity index (χ0n) is 32.5. The average Bonchev–Trinajstić information content (AvgIpc) is 3.52. The molecule has 1 heteroatoms. The molecule has 0 amide bonds. The minimum Gasteiger partial charge on any atom is -0.226 e. The third-order valence-corrected chi connectivity index (χ3v) is 11.7. The Hall–Kier alpha value is -6.37. The molecular weight excluding hydrogens is 877 g/mol. The van der Waals surface area contributed by atoms with Crippen LogP contribution in [0.15, 0.2) is 206 Å². The van der Waals surface area contributed by atoms with Gasteiger partial charge in [0.2, 0.25) is 0 Å². The van der Waals surface area contributed by atoms with Crippen molar-refractivity contribution in [3.63, 3.8) is 0 Å². The molecule has 9 aromatic carbocycles. The molecule has 0 aromatic heterocycles. The molecule has 0 nitrogen and oxygen atoms in total. The first-order chi connectivity index (χ1) is 28.0. The van der Waals surface area contributed by atoms with Crippen LogP contribution in [0.25, 0.3) is 89.0 Å². The van der Waals surface area contributed by atoms with Gasteiger partial charge < -0.3 is 0 Å². The van der Waals surface area contributed by atoms with Gasteiger partial charge in [0.25, 0.3) is 0 Å². The molecule has 9 aromatic rings. The van der Waals surface area contributed by atoms with Gasteiger partial charge in [-0.1, -0.05) is 182 Å². The molecule has 1 radical (unpaired) electrons. The van der Waals surface area contributed by atoms with E-state index in [9.17, 15) is 0 Å². The predicted molar refractivity (Wildman–Crippen MR) is 240 cm³/mol. The Kier molecular flexibility index (Phi) is 9.96. The molecule has 0 heterocycles. The summed E-state index contributed by atoms with van der Waals surface area (Å²) in [5, 5.41) is 0. The molecule has 0 spiro atoms. The number of rotatable bonds is 7. The van der Waals surface area contributed by atoms with Gasteiger partial charge in [0.1, 0.15) is 0 Å². The Morgan fingerprint density at radius 1 is 0.293 bits per heavy atom. The zero-order valence-corrected chi connectivity index (χ0v) is 34.9. The molecule has 58 heavy (non-hydrogen) atoms. The average molecular weight is 917 g/mol. The Bertz CT molecular complexity index is 2920. The Balaban J connectivity index is 0.00000436. The molecule has 0 saturated carbocycles. The van der Waals surface area contributed by atoms with E-state index in [4.69, 9.17) is 0 Å². The van der Waals surface area contributed by atoms with E-state index in [1.54, 1.807) is 0 Å². The molecule has 1 aliphatic rings. The van der Waals surface area contributed by atoms with Crippen molar-refractivity contribution in [2.24, 2.45) is 0 Å². The van der Waals surface area contributed by atoms with E-state index in [1.807, 2.05) is 0 Å². The first kappa shape index (κ1) is 37.2. The van der Waals surface area contributed by atoms with Crippen LogP contribution in [0.2, 0.25) is 0 Å². The van der Waals surface area contributed by atoms with Gasteiger partial charge in [-0.15, -0.1) is 29.3 Å². The first-order valence-corrected chi connectivity index (χ1v) is 19.7. The second kappa shape index (κ2) is 15.5. The molecule has 0 N–H and O–H groups in total. The van der Waals surface area contributed by atoms with Gasteiger partial charge in [0, 0.05) is 20.1 Å². The van der Waals surface area contributed by atoms with Crippen molar-refractivity contribution >= 4 is 0 Å². The quantitative estimate of drug-likeness (QED) is 0.140. The number of hydrogen-bond acceptors (Lipinski definition) is 0. The molecule has 0 saturated heterocycles. The Labute approximate surface area is 355 Å². The van der Waals surface area contributed by atoms with Gasteiger partial charge in [-0.2, -0.15) is 24.3 Å². The summed E-state index contributed by atoms with van der Waals surface area (Å²) < 4.78 is 0. The zero-order chi connectivity index (χ0) is 38.3. The SMILES string of the molecule is CC1(C)c2ccccc2-c2c[c-]c(-c3[c-]cc(-c4cccc(-c5cccc(-c6cccc(-c7cccc(-c8cccc(-c9ccccc9)c8)c7)c6)c5)c4)cc3)cc21.[Ir]. The molecule has 0 bridgehead atoms. The van der Waals surface area contributed by atoms with Gasteiger partial charge in [0.15, 0.2) is 0 Å². The van der Waals surface area contributed by atoms with Crippen LogP contribution in [0, 0.1) is 12.1 Å². The third-order valence-electron chi connectivity index (χ3n) is 11.7. The summed E-state index contributed by atoms with van der Waals surface area (Å²) in [6.45, 7) is 4.64. The summed E-state index contributed by atoms with van der Waals surface area (Å²) in [6.07, 6.45) is 0. The minimum absolute atomic E-state index is 0. The molecule has 10 rings (SSSR count). The topological polar surface area (TPSA) is 0 Å². The van der Waals surface area contributed by atoms with Crippen molar-refractivity contribution in [1.29, 1.82) is 0 Å². The molecule has 0 aliphatic heterocycles. The van der Waals surface area contributed by atoms with Crippen LogP contribution in [-0.2, 0) is 25.5 Å². The van der Waals surface area contributed by atoms with Crippen molar-refractivity contribution in [1.82, 2.24) is 0 Å². The van der Waals surface area contributed by atoms with Crippen LogP contribution in [-0.4, -0.2) is 0 Å². The first-order valence-electron chi connectivity index (χ1n) is 19.7. The van der Waals surface area contributed by atoms with Crippen LogP contribution in [0.1, 0.15) is 25.0 Å². The summed E-state index contributed by atoms with van der Waals surface area (Å²) in [5.41, 5.74) is 21.8. The fraction of sp³-hybridized carbons (Fsp3) is 0.0526. The maximum Gasteiger partial charge on any atom is 0 e. The third kappa shape index (κ3) is 6.98. The maximum absolute atomic E-state index is 3.59. The number of fused-ring (bicyclic) bond motifs is 3. The summed E-state index contributed by atoms with van der Waals surface area (Å²) in [5.74, 6) is 0. The fourth-order valence-electron chi connectivity index (χ4n) is 8.59. The van der Waals surface area contributed by atoms with Gasteiger partial charge in [-0.25, -0.2) is 11.1 Å². The van der Waals surface area contributed by atoms with E-state index >= 15 is 0 Å². The van der Waals surface area contributed by atoms with Gasteiger partial charge in [0.05, 0.1) is 0 Å².